The zero-order valence-corrected chi connectivity index (χ0v) is 19.7. The van der Waals surface area contributed by atoms with E-state index < -0.39 is 10.0 Å². The van der Waals surface area contributed by atoms with Gasteiger partial charge in [0.2, 0.25) is 21.8 Å². The van der Waals surface area contributed by atoms with Crippen LogP contribution in [0.25, 0.3) is 0 Å². The van der Waals surface area contributed by atoms with Crippen molar-refractivity contribution in [3.8, 4) is 0 Å². The molecule has 176 valence electrons. The first-order valence-corrected chi connectivity index (χ1v) is 13.7. The maximum absolute atomic E-state index is 13.0. The SMILES string of the molecule is O=C(CCC(=O)N1CCc2cc(S(=O)(=O)NC3CCCCCCC3)ccc21)N1CCCC1. The summed E-state index contributed by atoms with van der Waals surface area (Å²) in [6.07, 6.45) is 10.6. The Bertz CT molecular complexity index is 933. The van der Waals surface area contributed by atoms with Crippen LogP contribution in [0.3, 0.4) is 0 Å². The van der Waals surface area contributed by atoms with Crippen LogP contribution in [0.2, 0.25) is 0 Å². The third-order valence-electron chi connectivity index (χ3n) is 7.00. The maximum atomic E-state index is 13.0. The molecule has 0 radical (unpaired) electrons. The summed E-state index contributed by atoms with van der Waals surface area (Å²) in [6, 6.07) is 5.06. The van der Waals surface area contributed by atoms with Crippen molar-refractivity contribution >= 4 is 27.5 Å². The van der Waals surface area contributed by atoms with Gasteiger partial charge in [-0.1, -0.05) is 32.1 Å². The minimum atomic E-state index is -3.58. The summed E-state index contributed by atoms with van der Waals surface area (Å²) in [5, 5.41) is 0. The Morgan fingerprint density at radius 3 is 2.25 bits per heavy atom. The molecule has 2 aliphatic heterocycles. The number of anilines is 1. The number of likely N-dealkylation sites (tertiary alicyclic amines) is 1. The highest BCUT2D eigenvalue weighted by molar-refractivity contribution is 7.89. The van der Waals surface area contributed by atoms with E-state index >= 15 is 0 Å². The molecule has 32 heavy (non-hydrogen) atoms. The summed E-state index contributed by atoms with van der Waals surface area (Å²) in [5.41, 5.74) is 1.65. The average Bonchev–Trinajstić information content (AvgIpc) is 3.43. The minimum absolute atomic E-state index is 0.000208. The summed E-state index contributed by atoms with van der Waals surface area (Å²) in [6.45, 7) is 2.13. The molecular weight excluding hydrogens is 426 g/mol. The number of hydrogen-bond acceptors (Lipinski definition) is 4. The summed E-state index contributed by atoms with van der Waals surface area (Å²) < 4.78 is 28.9. The summed E-state index contributed by atoms with van der Waals surface area (Å²) in [4.78, 5) is 28.8. The molecule has 7 nitrogen and oxygen atoms in total. The van der Waals surface area contributed by atoms with Gasteiger partial charge in [-0.15, -0.1) is 0 Å². The lowest BCUT2D eigenvalue weighted by Gasteiger charge is -2.21. The van der Waals surface area contributed by atoms with Gasteiger partial charge in [0.15, 0.2) is 0 Å². The van der Waals surface area contributed by atoms with Gasteiger partial charge < -0.3 is 9.80 Å². The van der Waals surface area contributed by atoms with Crippen molar-refractivity contribution < 1.29 is 18.0 Å². The van der Waals surface area contributed by atoms with Gasteiger partial charge in [0.05, 0.1) is 4.90 Å². The van der Waals surface area contributed by atoms with Crippen molar-refractivity contribution in [1.29, 1.82) is 0 Å². The lowest BCUT2D eigenvalue weighted by atomic mass is 9.97. The van der Waals surface area contributed by atoms with Crippen LogP contribution in [0.15, 0.2) is 23.1 Å². The Hall–Kier alpha value is -1.93. The summed E-state index contributed by atoms with van der Waals surface area (Å²) in [7, 11) is -3.58. The molecule has 3 aliphatic rings. The normalized spacial score (nSPS) is 20.1. The van der Waals surface area contributed by atoms with Crippen LogP contribution in [-0.4, -0.2) is 50.8 Å². The molecule has 1 aromatic carbocycles. The van der Waals surface area contributed by atoms with E-state index in [1.54, 1.807) is 23.1 Å². The second-order valence-corrected chi connectivity index (χ2v) is 11.1. The number of fused-ring (bicyclic) bond motifs is 1. The Labute approximate surface area is 191 Å². The number of hydrogen-bond donors (Lipinski definition) is 1. The molecule has 0 bridgehead atoms. The van der Waals surface area contributed by atoms with Crippen LogP contribution in [0.1, 0.15) is 76.2 Å². The third kappa shape index (κ3) is 5.52. The van der Waals surface area contributed by atoms with E-state index in [1.165, 1.54) is 19.3 Å². The molecule has 1 aliphatic carbocycles. The molecule has 8 heteroatoms. The molecular formula is C24H35N3O4S. The van der Waals surface area contributed by atoms with Crippen molar-refractivity contribution in [3.63, 3.8) is 0 Å². The molecule has 1 saturated carbocycles. The number of nitrogens with zero attached hydrogens (tertiary/aromatic N) is 2. The second kappa shape index (κ2) is 10.3. The standard InChI is InChI=1S/C24H35N3O4S/c28-23(26-15-6-7-16-26)12-13-24(29)27-17-14-19-18-21(10-11-22(19)27)32(30,31)25-20-8-4-2-1-3-5-9-20/h10-11,18,20,25H,1-9,12-17H2. The quantitative estimate of drug-likeness (QED) is 0.704. The highest BCUT2D eigenvalue weighted by Crippen LogP contribution is 2.31. The zero-order chi connectivity index (χ0) is 22.6. The number of carbonyl (C=O) groups is 2. The molecule has 1 saturated heterocycles. The molecule has 0 spiro atoms. The van der Waals surface area contributed by atoms with Gasteiger partial charge in [-0.2, -0.15) is 0 Å². The molecule has 2 heterocycles. The summed E-state index contributed by atoms with van der Waals surface area (Å²) in [5.74, 6) is -0.0171. The molecule has 2 fully saturated rings. The number of nitrogens with one attached hydrogen (secondary N) is 1. The molecule has 0 aromatic heterocycles. The number of benzene rings is 1. The largest absolute Gasteiger partial charge is 0.343 e. The maximum Gasteiger partial charge on any atom is 0.240 e. The smallest absolute Gasteiger partial charge is 0.240 e. The fraction of sp³-hybridized carbons (Fsp3) is 0.667. The predicted molar refractivity (Wildman–Crippen MR) is 124 cm³/mol. The Morgan fingerprint density at radius 2 is 1.53 bits per heavy atom. The van der Waals surface area contributed by atoms with E-state index in [0.29, 0.717) is 13.0 Å². The Morgan fingerprint density at radius 1 is 0.875 bits per heavy atom. The van der Waals surface area contributed by atoms with Crippen LogP contribution in [0.4, 0.5) is 5.69 Å². The first kappa shape index (κ1) is 23.2. The number of carbonyl (C=O) groups excluding carboxylic acids is 2. The van der Waals surface area contributed by atoms with Crippen LogP contribution >= 0.6 is 0 Å². The topological polar surface area (TPSA) is 86.8 Å². The monoisotopic (exact) mass is 461 g/mol. The van der Waals surface area contributed by atoms with Gasteiger partial charge in [0.25, 0.3) is 0 Å². The van der Waals surface area contributed by atoms with Gasteiger partial charge in [-0.25, -0.2) is 13.1 Å². The predicted octanol–water partition coefficient (Wildman–Crippen LogP) is 3.37. The molecule has 0 unspecified atom stereocenters. The molecule has 1 aromatic rings. The zero-order valence-electron chi connectivity index (χ0n) is 18.9. The number of amides is 2. The lowest BCUT2D eigenvalue weighted by molar-refractivity contribution is -0.132. The van der Waals surface area contributed by atoms with Crippen molar-refractivity contribution in [2.24, 2.45) is 0 Å². The van der Waals surface area contributed by atoms with Crippen LogP contribution in [-0.2, 0) is 26.0 Å². The number of sulfonamides is 1. The highest BCUT2D eigenvalue weighted by atomic mass is 32.2. The first-order chi connectivity index (χ1) is 15.4. The summed E-state index contributed by atoms with van der Waals surface area (Å²) >= 11 is 0. The average molecular weight is 462 g/mol. The van der Waals surface area contributed by atoms with E-state index in [0.717, 1.165) is 62.9 Å². The van der Waals surface area contributed by atoms with Gasteiger partial charge >= 0.3 is 0 Å². The molecule has 2 amide bonds. The van der Waals surface area contributed by atoms with E-state index in [2.05, 4.69) is 4.72 Å². The van der Waals surface area contributed by atoms with Crippen LogP contribution < -0.4 is 9.62 Å². The Balaban J connectivity index is 1.38. The fourth-order valence-electron chi connectivity index (χ4n) is 5.14. The van der Waals surface area contributed by atoms with Crippen LogP contribution in [0, 0.1) is 0 Å². The van der Waals surface area contributed by atoms with E-state index in [9.17, 15) is 18.0 Å². The van der Waals surface area contributed by atoms with Gasteiger partial charge in [0.1, 0.15) is 0 Å². The van der Waals surface area contributed by atoms with Crippen LogP contribution in [0.5, 0.6) is 0 Å². The molecule has 0 atom stereocenters. The van der Waals surface area contributed by atoms with E-state index in [-0.39, 0.29) is 35.6 Å². The first-order valence-electron chi connectivity index (χ1n) is 12.2. The fourth-order valence-corrected chi connectivity index (χ4v) is 6.49. The van der Waals surface area contributed by atoms with Crippen molar-refractivity contribution in [3.05, 3.63) is 23.8 Å². The Kier molecular flexibility index (Phi) is 7.51. The highest BCUT2D eigenvalue weighted by Gasteiger charge is 2.28. The van der Waals surface area contributed by atoms with Gasteiger partial charge in [-0.3, -0.25) is 9.59 Å². The minimum Gasteiger partial charge on any atom is -0.343 e. The van der Waals surface area contributed by atoms with Crippen molar-refractivity contribution in [2.45, 2.75) is 88.0 Å². The second-order valence-electron chi connectivity index (χ2n) is 9.34. The lowest BCUT2D eigenvalue weighted by Crippen LogP contribution is -2.35. The van der Waals surface area contributed by atoms with Crippen molar-refractivity contribution in [1.82, 2.24) is 9.62 Å². The number of rotatable bonds is 6. The molecule has 1 N–H and O–H groups in total. The van der Waals surface area contributed by atoms with Gasteiger partial charge in [0, 0.05) is 44.2 Å². The van der Waals surface area contributed by atoms with Crippen molar-refractivity contribution in [2.75, 3.05) is 24.5 Å². The van der Waals surface area contributed by atoms with E-state index in [1.807, 2.05) is 4.90 Å². The van der Waals surface area contributed by atoms with E-state index in [4.69, 9.17) is 0 Å². The van der Waals surface area contributed by atoms with Gasteiger partial charge in [-0.05, 0) is 55.9 Å². The molecule has 4 rings (SSSR count). The third-order valence-corrected chi connectivity index (χ3v) is 8.51.